The fourth-order valence-electron chi connectivity index (χ4n) is 0.976. The van der Waals surface area contributed by atoms with E-state index in [0.717, 1.165) is 12.1 Å². The predicted molar refractivity (Wildman–Crippen MR) is 63.4 cm³/mol. The van der Waals surface area contributed by atoms with Gasteiger partial charge in [0.05, 0.1) is 5.71 Å². The van der Waals surface area contributed by atoms with Gasteiger partial charge in [0, 0.05) is 12.6 Å². The molecule has 0 saturated carbocycles. The van der Waals surface area contributed by atoms with Crippen LogP contribution in [0, 0.1) is 11.6 Å². The molecule has 0 amide bonds. The minimum Gasteiger partial charge on any atom is -0.364 e. The van der Waals surface area contributed by atoms with Crippen LogP contribution in [0.1, 0.15) is 12.5 Å². The van der Waals surface area contributed by atoms with Crippen molar-refractivity contribution in [3.05, 3.63) is 35.4 Å². The zero-order valence-electron chi connectivity index (χ0n) is 8.84. The minimum atomic E-state index is -0.900. The second-order valence-electron chi connectivity index (χ2n) is 3.02. The molecule has 2 N–H and O–H groups in total. The van der Waals surface area contributed by atoms with E-state index in [-0.39, 0.29) is 0 Å². The zero-order valence-corrected chi connectivity index (χ0v) is 9.66. The number of halogens is 2. The lowest BCUT2D eigenvalue weighted by atomic mass is 10.1. The van der Waals surface area contributed by atoms with Crippen molar-refractivity contribution in [3.8, 4) is 0 Å². The molecule has 0 bridgehead atoms. The smallest absolute Gasteiger partial charge is 0.186 e. The van der Waals surface area contributed by atoms with Gasteiger partial charge >= 0.3 is 0 Å². The van der Waals surface area contributed by atoms with Crippen LogP contribution in [0.4, 0.5) is 8.78 Å². The van der Waals surface area contributed by atoms with Crippen molar-refractivity contribution in [2.75, 3.05) is 7.05 Å². The van der Waals surface area contributed by atoms with Gasteiger partial charge in [-0.25, -0.2) is 8.78 Å². The predicted octanol–water partition coefficient (Wildman–Crippen LogP) is 1.78. The Morgan fingerprint density at radius 2 is 2.00 bits per heavy atom. The number of hydrogen-bond donors (Lipinski definition) is 2. The van der Waals surface area contributed by atoms with Gasteiger partial charge in [-0.2, -0.15) is 5.10 Å². The van der Waals surface area contributed by atoms with Gasteiger partial charge in [0.2, 0.25) is 0 Å². The van der Waals surface area contributed by atoms with Crippen LogP contribution < -0.4 is 10.7 Å². The lowest BCUT2D eigenvalue weighted by molar-refractivity contribution is 0.508. The minimum absolute atomic E-state index is 0.349. The number of nitrogens with zero attached hydrogens (tertiary/aromatic N) is 1. The molecule has 0 heterocycles. The number of benzene rings is 1. The van der Waals surface area contributed by atoms with Crippen LogP contribution >= 0.6 is 12.2 Å². The van der Waals surface area contributed by atoms with Gasteiger partial charge in [-0.3, -0.25) is 5.43 Å². The van der Waals surface area contributed by atoms with E-state index in [1.165, 1.54) is 6.07 Å². The van der Waals surface area contributed by atoms with Crippen molar-refractivity contribution >= 4 is 23.0 Å². The Bertz CT molecular complexity index is 432. The first-order valence-electron chi connectivity index (χ1n) is 4.52. The Hall–Kier alpha value is -1.56. The summed E-state index contributed by atoms with van der Waals surface area (Å²) in [5.74, 6) is -1.78. The van der Waals surface area contributed by atoms with Crippen LogP contribution in [-0.2, 0) is 0 Å². The summed E-state index contributed by atoms with van der Waals surface area (Å²) in [4.78, 5) is 0. The molecule has 0 spiro atoms. The van der Waals surface area contributed by atoms with Crippen molar-refractivity contribution in [2.45, 2.75) is 6.92 Å². The maximum atomic E-state index is 12.9. The zero-order chi connectivity index (χ0) is 12.1. The maximum Gasteiger partial charge on any atom is 0.186 e. The third-order valence-electron chi connectivity index (χ3n) is 1.89. The fourth-order valence-corrected chi connectivity index (χ4v) is 1.02. The molecule has 86 valence electrons. The Balaban J connectivity index is 2.83. The van der Waals surface area contributed by atoms with Gasteiger partial charge in [0.1, 0.15) is 0 Å². The number of thiocarbonyl (C=S) groups is 1. The highest BCUT2D eigenvalue weighted by Gasteiger charge is 2.04. The Morgan fingerprint density at radius 1 is 1.31 bits per heavy atom. The molecule has 16 heavy (non-hydrogen) atoms. The molecule has 0 fully saturated rings. The topological polar surface area (TPSA) is 36.4 Å². The highest BCUT2D eigenvalue weighted by molar-refractivity contribution is 7.80. The van der Waals surface area contributed by atoms with Gasteiger partial charge in [0.15, 0.2) is 16.7 Å². The molecule has 0 unspecified atom stereocenters. The van der Waals surface area contributed by atoms with E-state index >= 15 is 0 Å². The van der Waals surface area contributed by atoms with Gasteiger partial charge in [-0.05, 0) is 37.3 Å². The summed E-state index contributed by atoms with van der Waals surface area (Å²) < 4.78 is 25.6. The molecule has 1 aromatic carbocycles. The van der Waals surface area contributed by atoms with E-state index < -0.39 is 11.6 Å². The largest absolute Gasteiger partial charge is 0.364 e. The van der Waals surface area contributed by atoms with E-state index in [1.807, 2.05) is 0 Å². The van der Waals surface area contributed by atoms with Crippen LogP contribution in [0.5, 0.6) is 0 Å². The maximum absolute atomic E-state index is 12.9. The first-order chi connectivity index (χ1) is 7.54. The molecule has 0 aliphatic carbocycles. The van der Waals surface area contributed by atoms with Gasteiger partial charge in [-0.15, -0.1) is 0 Å². The molecule has 0 radical (unpaired) electrons. The van der Waals surface area contributed by atoms with Gasteiger partial charge < -0.3 is 5.32 Å². The van der Waals surface area contributed by atoms with Crippen molar-refractivity contribution in [2.24, 2.45) is 5.10 Å². The molecule has 1 rings (SSSR count). The summed E-state index contributed by atoms with van der Waals surface area (Å²) in [5, 5.41) is 6.93. The van der Waals surface area contributed by atoms with Crippen molar-refractivity contribution in [1.82, 2.24) is 10.7 Å². The summed E-state index contributed by atoms with van der Waals surface area (Å²) in [6, 6.07) is 3.58. The summed E-state index contributed by atoms with van der Waals surface area (Å²) in [6.45, 7) is 1.66. The van der Waals surface area contributed by atoms with E-state index in [0.29, 0.717) is 16.4 Å². The second kappa shape index (κ2) is 5.50. The SMILES string of the molecule is CNC(=S)N/N=C(/C)c1ccc(F)c(F)c1. The molecule has 1 aromatic rings. The molecular weight excluding hydrogens is 232 g/mol. The normalized spacial score (nSPS) is 11.1. The lowest BCUT2D eigenvalue weighted by Gasteiger charge is -2.04. The monoisotopic (exact) mass is 243 g/mol. The van der Waals surface area contributed by atoms with Crippen LogP contribution in [0.3, 0.4) is 0 Å². The molecule has 0 aliphatic rings. The first-order valence-corrected chi connectivity index (χ1v) is 4.93. The number of rotatable bonds is 2. The van der Waals surface area contributed by atoms with Crippen LogP contribution in [-0.4, -0.2) is 17.9 Å². The summed E-state index contributed by atoms with van der Waals surface area (Å²) in [5.41, 5.74) is 3.56. The molecule has 0 aliphatic heterocycles. The second-order valence-corrected chi connectivity index (χ2v) is 3.43. The highest BCUT2D eigenvalue weighted by Crippen LogP contribution is 2.09. The molecule has 0 atom stereocenters. The van der Waals surface area contributed by atoms with Crippen LogP contribution in [0.25, 0.3) is 0 Å². The van der Waals surface area contributed by atoms with E-state index in [2.05, 4.69) is 15.8 Å². The molecular formula is C10H11F2N3S. The summed E-state index contributed by atoms with van der Waals surface area (Å²) in [7, 11) is 1.65. The molecule has 6 heteroatoms. The summed E-state index contributed by atoms with van der Waals surface area (Å²) >= 11 is 4.81. The Morgan fingerprint density at radius 3 is 2.56 bits per heavy atom. The van der Waals surface area contributed by atoms with Crippen molar-refractivity contribution in [1.29, 1.82) is 0 Å². The van der Waals surface area contributed by atoms with E-state index in [4.69, 9.17) is 12.2 Å². The highest BCUT2D eigenvalue weighted by atomic mass is 32.1. The summed E-state index contributed by atoms with van der Waals surface area (Å²) in [6.07, 6.45) is 0. The van der Waals surface area contributed by atoms with Crippen LogP contribution in [0.15, 0.2) is 23.3 Å². The van der Waals surface area contributed by atoms with E-state index in [1.54, 1.807) is 14.0 Å². The average Bonchev–Trinajstić information content (AvgIpc) is 2.29. The van der Waals surface area contributed by atoms with Gasteiger partial charge in [0.25, 0.3) is 0 Å². The first kappa shape index (κ1) is 12.5. The average molecular weight is 243 g/mol. The molecule has 0 aromatic heterocycles. The molecule has 3 nitrogen and oxygen atoms in total. The third-order valence-corrected chi connectivity index (χ3v) is 2.19. The standard InChI is InChI=1S/C10H11F2N3S/c1-6(14-15-10(16)13-2)7-3-4-8(11)9(12)5-7/h3-5H,1-2H3,(H2,13,15,16)/b14-6-. The lowest BCUT2D eigenvalue weighted by Crippen LogP contribution is -2.29. The number of nitrogens with one attached hydrogen (secondary N) is 2. The number of hydrazone groups is 1. The third kappa shape index (κ3) is 3.23. The quantitative estimate of drug-likeness (QED) is 0.472. The Kier molecular flexibility index (Phi) is 4.30. The van der Waals surface area contributed by atoms with Crippen molar-refractivity contribution < 1.29 is 8.78 Å². The van der Waals surface area contributed by atoms with Crippen LogP contribution in [0.2, 0.25) is 0 Å². The Labute approximate surface area is 97.5 Å². The number of hydrogen-bond acceptors (Lipinski definition) is 2. The molecule has 0 saturated heterocycles. The van der Waals surface area contributed by atoms with Gasteiger partial charge in [-0.1, -0.05) is 0 Å². The fraction of sp³-hybridized carbons (Fsp3) is 0.200. The van der Waals surface area contributed by atoms with Crippen molar-refractivity contribution in [3.63, 3.8) is 0 Å². The van der Waals surface area contributed by atoms with E-state index in [9.17, 15) is 8.78 Å².